The van der Waals surface area contributed by atoms with Crippen LogP contribution in [0.2, 0.25) is 0 Å². The van der Waals surface area contributed by atoms with E-state index in [1.165, 1.54) is 18.2 Å². The second-order valence-corrected chi connectivity index (χ2v) is 6.85. The molecule has 7 nitrogen and oxygen atoms in total. The first-order valence-corrected chi connectivity index (χ1v) is 8.84. The van der Waals surface area contributed by atoms with Crippen molar-refractivity contribution in [3.05, 3.63) is 64.2 Å². The lowest BCUT2D eigenvalue weighted by Gasteiger charge is -2.17. The molecule has 2 aliphatic rings. The molecule has 2 heterocycles. The summed E-state index contributed by atoms with van der Waals surface area (Å²) in [6.07, 6.45) is -0.641. The van der Waals surface area contributed by atoms with Gasteiger partial charge in [-0.1, -0.05) is 12.1 Å². The zero-order chi connectivity index (χ0) is 20.0. The van der Waals surface area contributed by atoms with E-state index >= 15 is 0 Å². The molecule has 0 bridgehead atoms. The molecule has 1 fully saturated rings. The number of amides is 2. The van der Waals surface area contributed by atoms with Crippen molar-refractivity contribution in [1.29, 1.82) is 0 Å². The summed E-state index contributed by atoms with van der Waals surface area (Å²) in [4.78, 5) is 50.7. The third-order valence-corrected chi connectivity index (χ3v) is 4.86. The molecule has 2 aromatic rings. The molecule has 0 aromatic heterocycles. The van der Waals surface area contributed by atoms with Gasteiger partial charge in [-0.15, -0.1) is 0 Å². The van der Waals surface area contributed by atoms with Gasteiger partial charge in [-0.05, 0) is 49.2 Å². The van der Waals surface area contributed by atoms with E-state index in [2.05, 4.69) is 0 Å². The number of carbonyl (C=O) groups is 4. The van der Waals surface area contributed by atoms with E-state index < -0.39 is 29.9 Å². The van der Waals surface area contributed by atoms with E-state index in [0.717, 1.165) is 16.0 Å². The van der Waals surface area contributed by atoms with Crippen molar-refractivity contribution in [2.24, 2.45) is 0 Å². The van der Waals surface area contributed by atoms with E-state index in [1.807, 2.05) is 26.0 Å². The highest BCUT2D eigenvalue weighted by molar-refractivity contribution is 6.35. The second kappa shape index (κ2) is 6.60. The summed E-state index contributed by atoms with van der Waals surface area (Å²) >= 11 is 0. The van der Waals surface area contributed by atoms with Crippen LogP contribution in [0.15, 0.2) is 36.4 Å². The molecule has 1 saturated heterocycles. The summed E-state index contributed by atoms with van der Waals surface area (Å²) in [5.74, 6) is -2.25. The zero-order valence-electron chi connectivity index (χ0n) is 15.4. The average Bonchev–Trinajstić information content (AvgIpc) is 3.18. The lowest BCUT2D eigenvalue weighted by molar-refractivity contribution is -0.145. The number of nitrogens with zero attached hydrogens (tertiary/aromatic N) is 1. The molecule has 0 saturated carbocycles. The third kappa shape index (κ3) is 2.85. The minimum atomic E-state index is -0.940. The summed E-state index contributed by atoms with van der Waals surface area (Å²) in [6.45, 7) is 3.91. The van der Waals surface area contributed by atoms with Crippen LogP contribution < -0.4 is 4.90 Å². The van der Waals surface area contributed by atoms with E-state index in [9.17, 15) is 19.2 Å². The van der Waals surface area contributed by atoms with Gasteiger partial charge in [0.15, 0.2) is 0 Å². The number of aryl methyl sites for hydroxylation is 2. The van der Waals surface area contributed by atoms with E-state index in [1.54, 1.807) is 6.07 Å². The van der Waals surface area contributed by atoms with Gasteiger partial charge in [0.25, 0.3) is 11.8 Å². The van der Waals surface area contributed by atoms with Gasteiger partial charge in [0.05, 0.1) is 29.0 Å². The molecule has 2 aromatic carbocycles. The highest BCUT2D eigenvalue weighted by Crippen LogP contribution is 2.32. The molecular formula is C21H17NO6. The lowest BCUT2D eigenvalue weighted by atomic mass is 10.1. The smallest absolute Gasteiger partial charge is 0.347 e. The molecule has 0 N–H and O–H groups in total. The van der Waals surface area contributed by atoms with Crippen molar-refractivity contribution in [3.8, 4) is 0 Å². The minimum absolute atomic E-state index is 0.0995. The first kappa shape index (κ1) is 17.9. The number of rotatable bonds is 3. The topological polar surface area (TPSA) is 90.0 Å². The fourth-order valence-corrected chi connectivity index (χ4v) is 3.33. The van der Waals surface area contributed by atoms with Crippen molar-refractivity contribution in [3.63, 3.8) is 0 Å². The maximum absolute atomic E-state index is 12.9. The zero-order valence-corrected chi connectivity index (χ0v) is 15.4. The van der Waals surface area contributed by atoms with E-state index in [0.29, 0.717) is 12.1 Å². The highest BCUT2D eigenvalue weighted by Gasteiger charge is 2.38. The van der Waals surface area contributed by atoms with E-state index in [-0.39, 0.29) is 23.3 Å². The Morgan fingerprint density at radius 2 is 1.79 bits per heavy atom. The Balaban J connectivity index is 1.65. The summed E-state index contributed by atoms with van der Waals surface area (Å²) in [6, 6.07) is 9.71. The van der Waals surface area contributed by atoms with Crippen LogP contribution in [0, 0.1) is 13.8 Å². The number of hydrogen-bond acceptors (Lipinski definition) is 6. The Morgan fingerprint density at radius 1 is 1.04 bits per heavy atom. The average molecular weight is 379 g/mol. The van der Waals surface area contributed by atoms with Gasteiger partial charge in [0, 0.05) is 6.42 Å². The van der Waals surface area contributed by atoms with E-state index in [4.69, 9.17) is 9.47 Å². The van der Waals surface area contributed by atoms with Gasteiger partial charge in [0.1, 0.15) is 0 Å². The number of esters is 2. The maximum atomic E-state index is 12.9. The van der Waals surface area contributed by atoms with Crippen molar-refractivity contribution in [2.75, 3.05) is 11.5 Å². The van der Waals surface area contributed by atoms with Gasteiger partial charge in [0.2, 0.25) is 6.10 Å². The van der Waals surface area contributed by atoms with Crippen molar-refractivity contribution in [2.45, 2.75) is 26.4 Å². The number of carbonyl (C=O) groups excluding carboxylic acids is 4. The highest BCUT2D eigenvalue weighted by atomic mass is 16.6. The molecule has 28 heavy (non-hydrogen) atoms. The van der Waals surface area contributed by atoms with Crippen molar-refractivity contribution < 1.29 is 28.7 Å². The van der Waals surface area contributed by atoms with Crippen LogP contribution in [0.5, 0.6) is 0 Å². The molecule has 2 amide bonds. The van der Waals surface area contributed by atoms with Crippen LogP contribution >= 0.6 is 0 Å². The van der Waals surface area contributed by atoms with Gasteiger partial charge in [-0.2, -0.15) is 0 Å². The molecule has 0 aliphatic carbocycles. The number of benzene rings is 2. The molecule has 0 spiro atoms. The Morgan fingerprint density at radius 3 is 2.50 bits per heavy atom. The normalized spacial score (nSPS) is 18.3. The van der Waals surface area contributed by atoms with Gasteiger partial charge in [-0.25, -0.2) is 14.5 Å². The Kier molecular flexibility index (Phi) is 4.22. The molecule has 142 valence electrons. The van der Waals surface area contributed by atoms with Crippen molar-refractivity contribution in [1.82, 2.24) is 0 Å². The number of ether oxygens (including phenoxy) is 2. The molecule has 4 rings (SSSR count). The minimum Gasteiger partial charge on any atom is -0.463 e. The van der Waals surface area contributed by atoms with Crippen LogP contribution in [0.3, 0.4) is 0 Å². The number of cyclic esters (lactones) is 1. The SMILES string of the molecule is Cc1ccc(C)c(N2C(=O)c3ccc(C(=O)O[C@H]4CCOC4=O)cc3C2=O)c1. The molecule has 2 aliphatic heterocycles. The number of imide groups is 1. The number of hydrogen-bond donors (Lipinski definition) is 0. The van der Waals surface area contributed by atoms with Crippen LogP contribution in [0.1, 0.15) is 48.6 Å². The Labute approximate surface area is 160 Å². The summed E-state index contributed by atoms with van der Waals surface area (Å²) in [5.41, 5.74) is 2.69. The van der Waals surface area contributed by atoms with Crippen LogP contribution in [-0.4, -0.2) is 36.5 Å². The summed E-state index contributed by atoms with van der Waals surface area (Å²) in [5, 5.41) is 0. The van der Waals surface area contributed by atoms with Crippen LogP contribution in [0.4, 0.5) is 5.69 Å². The molecule has 7 heteroatoms. The predicted octanol–water partition coefficient (Wildman–Crippen LogP) is 2.58. The fourth-order valence-electron chi connectivity index (χ4n) is 3.33. The summed E-state index contributed by atoms with van der Waals surface area (Å²) < 4.78 is 9.92. The lowest BCUT2D eigenvalue weighted by Crippen LogP contribution is -2.30. The molecular weight excluding hydrogens is 362 g/mol. The van der Waals surface area contributed by atoms with Gasteiger partial charge >= 0.3 is 11.9 Å². The van der Waals surface area contributed by atoms with Gasteiger partial charge in [-0.3, -0.25) is 9.59 Å². The van der Waals surface area contributed by atoms with Crippen LogP contribution in [0.25, 0.3) is 0 Å². The van der Waals surface area contributed by atoms with Gasteiger partial charge < -0.3 is 9.47 Å². The third-order valence-electron chi connectivity index (χ3n) is 4.86. The Hall–Kier alpha value is -3.48. The number of fused-ring (bicyclic) bond motifs is 1. The second-order valence-electron chi connectivity index (χ2n) is 6.85. The fraction of sp³-hybridized carbons (Fsp3) is 0.238. The first-order chi connectivity index (χ1) is 13.4. The first-order valence-electron chi connectivity index (χ1n) is 8.84. The Bertz CT molecular complexity index is 1040. The number of anilines is 1. The maximum Gasteiger partial charge on any atom is 0.347 e. The standard InChI is InChI=1S/C21H17NO6/c1-11-3-4-12(2)16(9-11)22-18(23)14-6-5-13(10-15(14)19(22)24)20(25)28-17-7-8-27-21(17)26/h3-6,9-10,17H,7-8H2,1-2H3/t17-/m0/s1. The molecule has 1 atom stereocenters. The van der Waals surface area contributed by atoms with Crippen molar-refractivity contribution >= 4 is 29.4 Å². The monoisotopic (exact) mass is 379 g/mol. The molecule has 0 unspecified atom stereocenters. The largest absolute Gasteiger partial charge is 0.463 e. The predicted molar refractivity (Wildman–Crippen MR) is 98.3 cm³/mol. The molecule has 0 radical (unpaired) electrons. The van der Waals surface area contributed by atoms with Crippen LogP contribution in [-0.2, 0) is 14.3 Å². The summed E-state index contributed by atoms with van der Waals surface area (Å²) in [7, 11) is 0. The quantitative estimate of drug-likeness (QED) is 0.601.